The molecular weight excluding hydrogens is 430 g/mol. The van der Waals surface area contributed by atoms with Crippen molar-refractivity contribution in [2.45, 2.75) is 12.0 Å². The van der Waals surface area contributed by atoms with Gasteiger partial charge in [-0.25, -0.2) is 0 Å². The number of ketones is 1. The van der Waals surface area contributed by atoms with Gasteiger partial charge < -0.3 is 10.4 Å². The van der Waals surface area contributed by atoms with E-state index in [0.717, 1.165) is 16.8 Å². The van der Waals surface area contributed by atoms with E-state index in [0.29, 0.717) is 16.3 Å². The van der Waals surface area contributed by atoms with Crippen molar-refractivity contribution in [3.8, 4) is 0 Å². The number of aliphatic hydroxyl groups is 1. The summed E-state index contributed by atoms with van der Waals surface area (Å²) in [7, 11) is 0. The number of benzene rings is 4. The number of carbonyl (C=O) groups is 1. The first-order valence-corrected chi connectivity index (χ1v) is 11.1. The summed E-state index contributed by atoms with van der Waals surface area (Å²) >= 11 is 6.04. The van der Waals surface area contributed by atoms with Gasteiger partial charge in [-0.15, -0.1) is 0 Å². The number of nitrogens with one attached hydrogen (secondary N) is 1. The minimum absolute atomic E-state index is 0.143. The van der Waals surface area contributed by atoms with Crippen molar-refractivity contribution in [1.29, 1.82) is 0 Å². The Labute approximate surface area is 199 Å². The lowest BCUT2D eigenvalue weighted by molar-refractivity contribution is 0.0812. The first kappa shape index (κ1) is 22.5. The minimum atomic E-state index is -1.34. The molecule has 0 saturated heterocycles. The van der Waals surface area contributed by atoms with Crippen molar-refractivity contribution in [3.05, 3.63) is 149 Å². The van der Waals surface area contributed by atoms with Crippen molar-refractivity contribution < 1.29 is 9.90 Å². The van der Waals surface area contributed by atoms with Crippen LogP contribution in [0.1, 0.15) is 27.9 Å². The predicted molar refractivity (Wildman–Crippen MR) is 134 cm³/mol. The molecule has 0 aromatic heterocycles. The van der Waals surface area contributed by atoms with Crippen molar-refractivity contribution in [1.82, 2.24) is 0 Å². The quantitative estimate of drug-likeness (QED) is 0.226. The van der Waals surface area contributed by atoms with E-state index < -0.39 is 5.60 Å². The van der Waals surface area contributed by atoms with Gasteiger partial charge in [0.25, 0.3) is 0 Å². The third kappa shape index (κ3) is 5.58. The van der Waals surface area contributed by atoms with Crippen molar-refractivity contribution in [3.63, 3.8) is 0 Å². The maximum Gasteiger partial charge on any atom is 0.187 e. The zero-order valence-corrected chi connectivity index (χ0v) is 18.7. The fraction of sp³-hybridized carbons (Fsp3) is 0.0690. The first-order chi connectivity index (χ1) is 16.0. The molecule has 0 aliphatic rings. The number of rotatable bonds is 8. The molecule has 0 saturated carbocycles. The lowest BCUT2D eigenvalue weighted by atomic mass is 9.82. The molecule has 164 valence electrons. The summed E-state index contributed by atoms with van der Waals surface area (Å²) in [6.07, 6.45) is 1.73. The molecule has 0 bridgehead atoms. The number of hydrogen-bond donors (Lipinski definition) is 2. The standard InChI is InChI=1S/C29H24ClNO2/c30-25-16-18-26(19-17-25)31-27(20-28(32)22-10-4-1-5-11-22)21-29(33,23-12-6-2-7-13-23)24-14-8-3-9-15-24/h1-20,31,33H,21H2. The molecule has 2 N–H and O–H groups in total. The van der Waals surface area contributed by atoms with E-state index in [1.807, 2.05) is 91.0 Å². The Balaban J connectivity index is 1.76. The molecule has 0 atom stereocenters. The molecule has 4 heteroatoms. The van der Waals surface area contributed by atoms with Gasteiger partial charge in [0.2, 0.25) is 0 Å². The molecule has 0 fully saturated rings. The molecule has 0 heterocycles. The van der Waals surface area contributed by atoms with Crippen LogP contribution in [0.25, 0.3) is 0 Å². The number of halogens is 1. The summed E-state index contributed by atoms with van der Waals surface area (Å²) in [6, 6.07) is 35.3. The molecule has 4 aromatic carbocycles. The van der Waals surface area contributed by atoms with Crippen LogP contribution in [0.5, 0.6) is 0 Å². The van der Waals surface area contributed by atoms with Crippen LogP contribution in [-0.4, -0.2) is 10.9 Å². The normalized spacial score (nSPS) is 11.8. The second-order valence-corrected chi connectivity index (χ2v) is 8.24. The Bertz CT molecular complexity index is 1180. The monoisotopic (exact) mass is 453 g/mol. The molecule has 33 heavy (non-hydrogen) atoms. The highest BCUT2D eigenvalue weighted by Crippen LogP contribution is 2.36. The van der Waals surface area contributed by atoms with Crippen molar-refractivity contribution in [2.75, 3.05) is 5.32 Å². The van der Waals surface area contributed by atoms with Gasteiger partial charge in [-0.2, -0.15) is 0 Å². The average Bonchev–Trinajstić information content (AvgIpc) is 2.87. The summed E-state index contributed by atoms with van der Waals surface area (Å²) in [6.45, 7) is 0. The molecular formula is C29H24ClNO2. The highest BCUT2D eigenvalue weighted by molar-refractivity contribution is 6.30. The summed E-state index contributed by atoms with van der Waals surface area (Å²) in [4.78, 5) is 13.0. The Morgan fingerprint density at radius 2 is 1.24 bits per heavy atom. The number of allylic oxidation sites excluding steroid dienone is 1. The van der Waals surface area contributed by atoms with Gasteiger partial charge in [-0.1, -0.05) is 103 Å². The fourth-order valence-electron chi connectivity index (χ4n) is 3.77. The predicted octanol–water partition coefficient (Wildman–Crippen LogP) is 6.84. The summed E-state index contributed by atoms with van der Waals surface area (Å²) in [5, 5.41) is 16.0. The van der Waals surface area contributed by atoms with Gasteiger partial charge in [-0.3, -0.25) is 4.79 Å². The number of hydrogen-bond acceptors (Lipinski definition) is 3. The van der Waals surface area contributed by atoms with Gasteiger partial charge in [0.05, 0.1) is 0 Å². The van der Waals surface area contributed by atoms with Crippen LogP contribution in [0.4, 0.5) is 5.69 Å². The van der Waals surface area contributed by atoms with Gasteiger partial charge in [0.1, 0.15) is 5.60 Å². The summed E-state index contributed by atoms with van der Waals surface area (Å²) < 4.78 is 0. The van der Waals surface area contributed by atoms with Gasteiger partial charge in [0.15, 0.2) is 5.78 Å². The lowest BCUT2D eigenvalue weighted by Gasteiger charge is -2.31. The Morgan fingerprint density at radius 3 is 1.76 bits per heavy atom. The first-order valence-electron chi connectivity index (χ1n) is 10.7. The smallest absolute Gasteiger partial charge is 0.187 e. The van der Waals surface area contributed by atoms with Gasteiger partial charge in [0, 0.05) is 34.5 Å². The topological polar surface area (TPSA) is 49.3 Å². The highest BCUT2D eigenvalue weighted by Gasteiger charge is 2.33. The second kappa shape index (κ2) is 10.3. The fourth-order valence-corrected chi connectivity index (χ4v) is 3.89. The van der Waals surface area contributed by atoms with Crippen LogP contribution in [0.15, 0.2) is 127 Å². The molecule has 0 aliphatic heterocycles. The van der Waals surface area contributed by atoms with Crippen molar-refractivity contribution in [2.24, 2.45) is 0 Å². The third-order valence-electron chi connectivity index (χ3n) is 5.46. The lowest BCUT2D eigenvalue weighted by Crippen LogP contribution is -2.29. The van der Waals surface area contributed by atoms with Crippen LogP contribution in [-0.2, 0) is 5.60 Å². The Hall–Kier alpha value is -3.66. The highest BCUT2D eigenvalue weighted by atomic mass is 35.5. The van der Waals surface area contributed by atoms with E-state index in [-0.39, 0.29) is 12.2 Å². The van der Waals surface area contributed by atoms with E-state index in [1.165, 1.54) is 0 Å². The van der Waals surface area contributed by atoms with E-state index in [2.05, 4.69) is 5.32 Å². The molecule has 0 aliphatic carbocycles. The van der Waals surface area contributed by atoms with Gasteiger partial charge in [-0.05, 0) is 35.4 Å². The van der Waals surface area contributed by atoms with Crippen LogP contribution in [0.3, 0.4) is 0 Å². The molecule has 0 radical (unpaired) electrons. The van der Waals surface area contributed by atoms with E-state index >= 15 is 0 Å². The van der Waals surface area contributed by atoms with E-state index in [9.17, 15) is 9.90 Å². The van der Waals surface area contributed by atoms with Gasteiger partial charge >= 0.3 is 0 Å². The van der Waals surface area contributed by atoms with Crippen LogP contribution in [0.2, 0.25) is 5.02 Å². The number of carbonyl (C=O) groups excluding carboxylic acids is 1. The largest absolute Gasteiger partial charge is 0.380 e. The van der Waals surface area contributed by atoms with Crippen LogP contribution >= 0.6 is 11.6 Å². The zero-order valence-electron chi connectivity index (χ0n) is 18.0. The Morgan fingerprint density at radius 1 is 0.758 bits per heavy atom. The SMILES string of the molecule is O=C(C=C(CC(O)(c1ccccc1)c1ccccc1)Nc1ccc(Cl)cc1)c1ccccc1. The van der Waals surface area contributed by atoms with Crippen LogP contribution < -0.4 is 5.32 Å². The molecule has 0 spiro atoms. The third-order valence-corrected chi connectivity index (χ3v) is 5.71. The average molecular weight is 454 g/mol. The van der Waals surface area contributed by atoms with Crippen molar-refractivity contribution >= 4 is 23.1 Å². The minimum Gasteiger partial charge on any atom is -0.380 e. The molecule has 3 nitrogen and oxygen atoms in total. The summed E-state index contributed by atoms with van der Waals surface area (Å²) in [5.74, 6) is -0.143. The molecule has 0 amide bonds. The maximum atomic E-state index is 13.0. The molecule has 0 unspecified atom stereocenters. The maximum absolute atomic E-state index is 13.0. The van der Waals surface area contributed by atoms with E-state index in [4.69, 9.17) is 11.6 Å². The molecule has 4 rings (SSSR count). The van der Waals surface area contributed by atoms with Crippen LogP contribution in [0, 0.1) is 0 Å². The summed E-state index contributed by atoms with van der Waals surface area (Å²) in [5.41, 5.74) is 2.08. The second-order valence-electron chi connectivity index (χ2n) is 7.80. The van der Waals surface area contributed by atoms with E-state index in [1.54, 1.807) is 30.3 Å². The Kier molecular flexibility index (Phi) is 7.04. The molecule has 4 aromatic rings. The zero-order chi connectivity index (χ0) is 23.1. The number of anilines is 1.